The number of imidazole rings is 1. The summed E-state index contributed by atoms with van der Waals surface area (Å²) in [5.74, 6) is 2.77. The van der Waals surface area contributed by atoms with E-state index < -0.39 is 5.66 Å². The molecule has 0 radical (unpaired) electrons. The molecule has 2 aliphatic heterocycles. The number of piperidine rings is 1. The Labute approximate surface area is 159 Å². The molecular formula is C19H26N6O2. The Bertz CT molecular complexity index is 707. The number of carbonyl (C=O) groups is 2. The molecule has 8 heteroatoms. The lowest BCUT2D eigenvalue weighted by Crippen LogP contribution is -2.46. The second kappa shape index (κ2) is 8.80. The Morgan fingerprint density at radius 1 is 1.22 bits per heavy atom. The summed E-state index contributed by atoms with van der Waals surface area (Å²) >= 11 is 0. The van der Waals surface area contributed by atoms with Crippen molar-refractivity contribution < 1.29 is 9.59 Å². The van der Waals surface area contributed by atoms with Crippen molar-refractivity contribution in [2.45, 2.75) is 63.2 Å². The summed E-state index contributed by atoms with van der Waals surface area (Å²) in [6.45, 7) is 2.02. The van der Waals surface area contributed by atoms with E-state index in [2.05, 4.69) is 26.4 Å². The van der Waals surface area contributed by atoms with Gasteiger partial charge in [-0.2, -0.15) is 10.2 Å². The third-order valence-electron chi connectivity index (χ3n) is 5.16. The number of nitrogens with zero attached hydrogens (tertiary/aromatic N) is 5. The van der Waals surface area contributed by atoms with Crippen LogP contribution in [0.15, 0.2) is 28.9 Å². The van der Waals surface area contributed by atoms with Crippen LogP contribution in [0.25, 0.3) is 0 Å². The molecule has 0 aliphatic carbocycles. The monoisotopic (exact) mass is 370 g/mol. The van der Waals surface area contributed by atoms with Crippen LogP contribution in [0.3, 0.4) is 0 Å². The zero-order chi connectivity index (χ0) is 19.1. The molecule has 1 fully saturated rings. The minimum absolute atomic E-state index is 0.0252. The molecule has 0 unspecified atom stereocenters. The van der Waals surface area contributed by atoms with Crippen LogP contribution in [0, 0.1) is 12.3 Å². The van der Waals surface area contributed by atoms with Crippen molar-refractivity contribution in [2.75, 3.05) is 13.1 Å². The minimum atomic E-state index is -0.408. The molecule has 1 N–H and O–H groups in total. The molecule has 8 nitrogen and oxygen atoms in total. The number of nitrogens with one attached hydrogen (secondary N) is 1. The van der Waals surface area contributed by atoms with Gasteiger partial charge in [-0.1, -0.05) is 0 Å². The van der Waals surface area contributed by atoms with Crippen LogP contribution < -0.4 is 5.32 Å². The Morgan fingerprint density at radius 2 is 2.00 bits per heavy atom. The lowest BCUT2D eigenvalue weighted by Gasteiger charge is -2.32. The fraction of sp³-hybridized carbons (Fsp3) is 0.632. The average molecular weight is 370 g/mol. The maximum atomic E-state index is 12.3. The van der Waals surface area contributed by atoms with Gasteiger partial charge in [0.15, 0.2) is 5.66 Å². The number of hydrogen-bond donors (Lipinski definition) is 1. The summed E-state index contributed by atoms with van der Waals surface area (Å²) < 4.78 is 1.90. The zero-order valence-electron chi connectivity index (χ0n) is 15.5. The molecule has 3 heterocycles. The predicted octanol–water partition coefficient (Wildman–Crippen LogP) is 1.74. The maximum Gasteiger partial charge on any atom is 0.224 e. The van der Waals surface area contributed by atoms with E-state index in [-0.39, 0.29) is 17.9 Å². The average Bonchev–Trinajstić information content (AvgIpc) is 3.26. The van der Waals surface area contributed by atoms with Gasteiger partial charge in [-0.25, -0.2) is 4.98 Å². The van der Waals surface area contributed by atoms with Crippen LogP contribution in [-0.2, 0) is 16.1 Å². The topological polar surface area (TPSA) is 92.0 Å². The van der Waals surface area contributed by atoms with Crippen molar-refractivity contribution in [2.24, 2.45) is 10.2 Å². The Balaban J connectivity index is 1.31. The molecule has 0 spiro atoms. The first-order chi connectivity index (χ1) is 13.1. The Kier molecular flexibility index (Phi) is 6.22. The van der Waals surface area contributed by atoms with Gasteiger partial charge in [0.25, 0.3) is 0 Å². The van der Waals surface area contributed by atoms with E-state index >= 15 is 0 Å². The van der Waals surface area contributed by atoms with E-state index in [9.17, 15) is 9.59 Å². The molecule has 0 bridgehead atoms. The zero-order valence-corrected chi connectivity index (χ0v) is 15.5. The van der Waals surface area contributed by atoms with Gasteiger partial charge >= 0.3 is 0 Å². The van der Waals surface area contributed by atoms with Crippen LogP contribution in [0.2, 0.25) is 0 Å². The number of amides is 2. The van der Waals surface area contributed by atoms with Crippen LogP contribution in [-0.4, -0.2) is 51.1 Å². The molecule has 0 saturated carbocycles. The third kappa shape index (κ3) is 5.64. The van der Waals surface area contributed by atoms with Crippen molar-refractivity contribution in [1.82, 2.24) is 19.8 Å². The van der Waals surface area contributed by atoms with E-state index in [4.69, 9.17) is 6.42 Å². The second-order valence-corrected chi connectivity index (χ2v) is 7.16. The number of hydrogen-bond acceptors (Lipinski definition) is 5. The number of rotatable bonds is 9. The molecule has 1 aromatic rings. The van der Waals surface area contributed by atoms with Crippen molar-refractivity contribution in [1.29, 1.82) is 0 Å². The summed E-state index contributed by atoms with van der Waals surface area (Å²) in [6.07, 6.45) is 15.0. The fourth-order valence-corrected chi connectivity index (χ4v) is 3.36. The molecule has 3 rings (SSSR count). The molecule has 0 aromatic carbocycles. The van der Waals surface area contributed by atoms with Gasteiger partial charge in [0.05, 0.1) is 6.33 Å². The normalized spacial score (nSPS) is 18.1. The van der Waals surface area contributed by atoms with Gasteiger partial charge in [-0.3, -0.25) is 9.59 Å². The lowest BCUT2D eigenvalue weighted by atomic mass is 10.0. The van der Waals surface area contributed by atoms with Gasteiger partial charge in [0.2, 0.25) is 11.8 Å². The minimum Gasteiger partial charge on any atom is -0.353 e. The summed E-state index contributed by atoms with van der Waals surface area (Å²) in [5, 5.41) is 11.2. The van der Waals surface area contributed by atoms with Crippen LogP contribution in [0.5, 0.6) is 0 Å². The Hall–Kier alpha value is -2.69. The van der Waals surface area contributed by atoms with Gasteiger partial charge in [-0.05, 0) is 12.8 Å². The van der Waals surface area contributed by atoms with E-state index in [1.54, 1.807) is 12.5 Å². The van der Waals surface area contributed by atoms with Gasteiger partial charge in [0, 0.05) is 70.2 Å². The summed E-state index contributed by atoms with van der Waals surface area (Å²) in [5.41, 5.74) is -0.408. The molecule has 1 saturated heterocycles. The summed E-state index contributed by atoms with van der Waals surface area (Å²) in [7, 11) is 0. The Morgan fingerprint density at radius 3 is 2.63 bits per heavy atom. The first-order valence-corrected chi connectivity index (χ1v) is 9.51. The highest BCUT2D eigenvalue weighted by atomic mass is 16.2. The molecule has 0 atom stereocenters. The maximum absolute atomic E-state index is 12.3. The van der Waals surface area contributed by atoms with E-state index in [1.807, 2.05) is 15.7 Å². The number of aromatic nitrogens is 2. The lowest BCUT2D eigenvalue weighted by molar-refractivity contribution is -0.132. The summed E-state index contributed by atoms with van der Waals surface area (Å²) in [6, 6.07) is 0.130. The molecular weight excluding hydrogens is 344 g/mol. The highest BCUT2D eigenvalue weighted by molar-refractivity contribution is 5.77. The third-order valence-corrected chi connectivity index (χ3v) is 5.16. The fourth-order valence-electron chi connectivity index (χ4n) is 3.36. The number of likely N-dealkylation sites (tertiary alicyclic amines) is 1. The SMILES string of the molecule is C#CCCC1(CCC(=O)NC2CCN(C(=O)CCn3ccnc3)CC2)N=N1. The molecule has 2 amide bonds. The van der Waals surface area contributed by atoms with Crippen molar-refractivity contribution in [3.63, 3.8) is 0 Å². The van der Waals surface area contributed by atoms with Crippen LogP contribution in [0.1, 0.15) is 44.9 Å². The van der Waals surface area contributed by atoms with Crippen LogP contribution >= 0.6 is 0 Å². The van der Waals surface area contributed by atoms with E-state index in [1.165, 1.54) is 0 Å². The highest BCUT2D eigenvalue weighted by Gasteiger charge is 2.39. The van der Waals surface area contributed by atoms with Gasteiger partial charge < -0.3 is 14.8 Å². The number of terminal acetylenes is 1. The summed E-state index contributed by atoms with van der Waals surface area (Å²) in [4.78, 5) is 30.3. The van der Waals surface area contributed by atoms with Crippen molar-refractivity contribution in [3.05, 3.63) is 18.7 Å². The molecule has 144 valence electrons. The molecule has 27 heavy (non-hydrogen) atoms. The second-order valence-electron chi connectivity index (χ2n) is 7.16. The van der Waals surface area contributed by atoms with Gasteiger partial charge in [0.1, 0.15) is 0 Å². The smallest absolute Gasteiger partial charge is 0.224 e. The predicted molar refractivity (Wildman–Crippen MR) is 99.5 cm³/mol. The number of carbonyl (C=O) groups excluding carboxylic acids is 2. The quantitative estimate of drug-likeness (QED) is 0.671. The first kappa shape index (κ1) is 19.1. The van der Waals surface area contributed by atoms with Crippen LogP contribution in [0.4, 0.5) is 0 Å². The molecule has 2 aliphatic rings. The standard InChI is InChI=1S/C19H26N6O2/c1-2-3-8-19(22-23-19)9-4-17(26)21-16-5-12-25(13-6-16)18(27)7-11-24-14-10-20-15-24/h1,10,14-16H,3-9,11-13H2,(H,21,26). The highest BCUT2D eigenvalue weighted by Crippen LogP contribution is 2.37. The molecule has 1 aromatic heterocycles. The van der Waals surface area contributed by atoms with Crippen molar-refractivity contribution >= 4 is 11.8 Å². The number of aryl methyl sites for hydroxylation is 1. The van der Waals surface area contributed by atoms with E-state index in [0.29, 0.717) is 45.3 Å². The van der Waals surface area contributed by atoms with Gasteiger partial charge in [-0.15, -0.1) is 12.3 Å². The largest absolute Gasteiger partial charge is 0.353 e. The van der Waals surface area contributed by atoms with Crippen molar-refractivity contribution in [3.8, 4) is 12.3 Å². The first-order valence-electron chi connectivity index (χ1n) is 9.51. The van der Waals surface area contributed by atoms with E-state index in [0.717, 1.165) is 19.3 Å².